The number of carbonyl (C=O) groups is 2. The number of carbonyl (C=O) groups excluding carboxylic acids is 2. The molecular weight excluding hydrogens is 318 g/mol. The van der Waals surface area contributed by atoms with Crippen molar-refractivity contribution in [3.63, 3.8) is 0 Å². The number of benzene rings is 1. The fourth-order valence-corrected chi connectivity index (χ4v) is 3.16. The molecule has 6 heteroatoms. The molecule has 1 heterocycles. The van der Waals surface area contributed by atoms with Gasteiger partial charge in [0, 0.05) is 7.05 Å². The molecule has 1 amide bonds. The van der Waals surface area contributed by atoms with E-state index in [1.54, 1.807) is 17.7 Å². The topological polar surface area (TPSA) is 73.2 Å². The van der Waals surface area contributed by atoms with Crippen LogP contribution in [0.1, 0.15) is 46.2 Å². The summed E-state index contributed by atoms with van der Waals surface area (Å²) in [4.78, 5) is 24.7. The van der Waals surface area contributed by atoms with Gasteiger partial charge in [-0.15, -0.1) is 0 Å². The van der Waals surface area contributed by atoms with Crippen LogP contribution in [-0.2, 0) is 29.4 Å². The van der Waals surface area contributed by atoms with Gasteiger partial charge in [0.2, 0.25) is 0 Å². The summed E-state index contributed by atoms with van der Waals surface area (Å²) in [5.74, 6) is -0.842. The van der Waals surface area contributed by atoms with Crippen molar-refractivity contribution in [3.05, 3.63) is 46.3 Å². The maximum absolute atomic E-state index is 12.4. The number of rotatable bonds is 4. The van der Waals surface area contributed by atoms with Gasteiger partial charge in [-0.05, 0) is 63.3 Å². The molecular formula is C19H23N3O3. The SMILES string of the molecule is Cc1nn(C)c(C)c1NC(=O)[C@H](C)OC(=O)c1ccc2c(c1)CCC2. The molecule has 0 fully saturated rings. The Labute approximate surface area is 147 Å². The van der Waals surface area contributed by atoms with Crippen LogP contribution in [0.4, 0.5) is 5.69 Å². The fraction of sp³-hybridized carbons (Fsp3) is 0.421. The molecule has 0 unspecified atom stereocenters. The van der Waals surface area contributed by atoms with E-state index in [1.807, 2.05) is 33.0 Å². The first kappa shape index (κ1) is 17.2. The summed E-state index contributed by atoms with van der Waals surface area (Å²) in [5, 5.41) is 7.06. The van der Waals surface area contributed by atoms with E-state index in [0.29, 0.717) is 11.3 Å². The van der Waals surface area contributed by atoms with Crippen molar-refractivity contribution < 1.29 is 14.3 Å². The molecule has 0 saturated heterocycles. The number of fused-ring (bicyclic) bond motifs is 1. The number of aromatic nitrogens is 2. The molecule has 1 aliphatic rings. The zero-order valence-electron chi connectivity index (χ0n) is 15.0. The molecule has 1 N–H and O–H groups in total. The molecule has 0 aliphatic heterocycles. The highest BCUT2D eigenvalue weighted by atomic mass is 16.5. The average Bonchev–Trinajstić information content (AvgIpc) is 3.14. The Hall–Kier alpha value is -2.63. The highest BCUT2D eigenvalue weighted by Gasteiger charge is 2.22. The van der Waals surface area contributed by atoms with Crippen molar-refractivity contribution in [2.24, 2.45) is 7.05 Å². The third-order valence-corrected chi connectivity index (χ3v) is 4.74. The normalized spacial score (nSPS) is 14.1. The third kappa shape index (κ3) is 3.43. The third-order valence-electron chi connectivity index (χ3n) is 4.74. The lowest BCUT2D eigenvalue weighted by Crippen LogP contribution is -2.30. The molecule has 6 nitrogen and oxygen atoms in total. The number of anilines is 1. The van der Waals surface area contributed by atoms with Crippen LogP contribution in [0.2, 0.25) is 0 Å². The number of hydrogen-bond donors (Lipinski definition) is 1. The summed E-state index contributed by atoms with van der Waals surface area (Å²) in [5.41, 5.74) is 5.23. The predicted octanol–water partition coefficient (Wildman–Crippen LogP) is 2.71. The number of aryl methyl sites for hydroxylation is 4. The number of nitrogens with one attached hydrogen (secondary N) is 1. The second-order valence-electron chi connectivity index (χ2n) is 6.54. The zero-order valence-corrected chi connectivity index (χ0v) is 15.0. The van der Waals surface area contributed by atoms with Crippen molar-refractivity contribution >= 4 is 17.6 Å². The van der Waals surface area contributed by atoms with E-state index in [2.05, 4.69) is 10.4 Å². The first-order valence-electron chi connectivity index (χ1n) is 8.50. The molecule has 1 aliphatic carbocycles. The Balaban J connectivity index is 1.66. The molecule has 0 saturated carbocycles. The van der Waals surface area contributed by atoms with Crippen molar-refractivity contribution in [3.8, 4) is 0 Å². The van der Waals surface area contributed by atoms with Crippen LogP contribution in [0.15, 0.2) is 18.2 Å². The minimum absolute atomic E-state index is 0.367. The summed E-state index contributed by atoms with van der Waals surface area (Å²) in [6.07, 6.45) is 2.29. The summed E-state index contributed by atoms with van der Waals surface area (Å²) in [6.45, 7) is 5.27. The Morgan fingerprint density at radius 3 is 2.64 bits per heavy atom. The number of nitrogens with zero attached hydrogens (tertiary/aromatic N) is 2. The van der Waals surface area contributed by atoms with Crippen molar-refractivity contribution in [2.75, 3.05) is 5.32 Å². The van der Waals surface area contributed by atoms with E-state index >= 15 is 0 Å². The monoisotopic (exact) mass is 341 g/mol. The zero-order chi connectivity index (χ0) is 18.1. The fourth-order valence-electron chi connectivity index (χ4n) is 3.16. The van der Waals surface area contributed by atoms with Gasteiger partial charge >= 0.3 is 5.97 Å². The standard InChI is InChI=1S/C19H23N3O3/c1-11-17(12(2)22(4)21-11)20-18(23)13(3)25-19(24)16-9-8-14-6-5-7-15(14)10-16/h8-10,13H,5-7H2,1-4H3,(H,20,23)/t13-/m0/s1. The quantitative estimate of drug-likeness (QED) is 0.868. The Morgan fingerprint density at radius 1 is 1.24 bits per heavy atom. The molecule has 0 radical (unpaired) electrons. The van der Waals surface area contributed by atoms with Gasteiger partial charge in [-0.2, -0.15) is 5.10 Å². The minimum Gasteiger partial charge on any atom is -0.449 e. The highest BCUT2D eigenvalue weighted by Crippen LogP contribution is 2.23. The van der Waals surface area contributed by atoms with E-state index < -0.39 is 12.1 Å². The molecule has 1 atom stereocenters. The smallest absolute Gasteiger partial charge is 0.338 e. The Bertz CT molecular complexity index is 839. The van der Waals surface area contributed by atoms with Crippen LogP contribution in [0, 0.1) is 13.8 Å². The van der Waals surface area contributed by atoms with Crippen molar-refractivity contribution in [1.82, 2.24) is 9.78 Å². The van der Waals surface area contributed by atoms with E-state index in [4.69, 9.17) is 4.74 Å². The number of hydrogen-bond acceptors (Lipinski definition) is 4. The largest absolute Gasteiger partial charge is 0.449 e. The Morgan fingerprint density at radius 2 is 1.96 bits per heavy atom. The van der Waals surface area contributed by atoms with Crippen LogP contribution < -0.4 is 5.32 Å². The summed E-state index contributed by atoms with van der Waals surface area (Å²) >= 11 is 0. The highest BCUT2D eigenvalue weighted by molar-refractivity contribution is 5.98. The molecule has 3 rings (SSSR count). The van der Waals surface area contributed by atoms with Crippen molar-refractivity contribution in [1.29, 1.82) is 0 Å². The first-order valence-corrected chi connectivity index (χ1v) is 8.50. The number of ether oxygens (including phenoxy) is 1. The van der Waals surface area contributed by atoms with Crippen LogP contribution in [0.5, 0.6) is 0 Å². The van der Waals surface area contributed by atoms with Gasteiger partial charge in [-0.25, -0.2) is 4.79 Å². The van der Waals surface area contributed by atoms with Gasteiger partial charge in [-0.1, -0.05) is 6.07 Å². The van der Waals surface area contributed by atoms with E-state index in [9.17, 15) is 9.59 Å². The second kappa shape index (κ2) is 6.70. The number of esters is 1. The molecule has 1 aromatic carbocycles. The van der Waals surface area contributed by atoms with Gasteiger partial charge in [0.15, 0.2) is 6.10 Å². The Kier molecular flexibility index (Phi) is 4.61. The molecule has 2 aromatic rings. The summed E-state index contributed by atoms with van der Waals surface area (Å²) in [6, 6.07) is 5.63. The lowest BCUT2D eigenvalue weighted by molar-refractivity contribution is -0.123. The lowest BCUT2D eigenvalue weighted by atomic mass is 10.1. The van der Waals surface area contributed by atoms with Gasteiger partial charge in [-0.3, -0.25) is 9.48 Å². The average molecular weight is 341 g/mol. The maximum atomic E-state index is 12.4. The van der Waals surface area contributed by atoms with Crippen LogP contribution >= 0.6 is 0 Å². The molecule has 25 heavy (non-hydrogen) atoms. The van der Waals surface area contributed by atoms with Crippen LogP contribution in [0.3, 0.4) is 0 Å². The van der Waals surface area contributed by atoms with Gasteiger partial charge < -0.3 is 10.1 Å². The van der Waals surface area contributed by atoms with Gasteiger partial charge in [0.05, 0.1) is 22.6 Å². The van der Waals surface area contributed by atoms with Gasteiger partial charge in [0.25, 0.3) is 5.91 Å². The van der Waals surface area contributed by atoms with Crippen LogP contribution in [-0.4, -0.2) is 27.8 Å². The van der Waals surface area contributed by atoms with Gasteiger partial charge in [0.1, 0.15) is 0 Å². The van der Waals surface area contributed by atoms with Crippen LogP contribution in [0.25, 0.3) is 0 Å². The number of amides is 1. The summed E-state index contributed by atoms with van der Waals surface area (Å²) < 4.78 is 7.04. The van der Waals surface area contributed by atoms with Crippen molar-refractivity contribution in [2.45, 2.75) is 46.1 Å². The second-order valence-corrected chi connectivity index (χ2v) is 6.54. The first-order chi connectivity index (χ1) is 11.9. The predicted molar refractivity (Wildman–Crippen MR) is 94.7 cm³/mol. The molecule has 0 bridgehead atoms. The van der Waals surface area contributed by atoms with E-state index in [0.717, 1.165) is 30.7 Å². The van der Waals surface area contributed by atoms with E-state index in [1.165, 1.54) is 11.1 Å². The molecule has 0 spiro atoms. The van der Waals surface area contributed by atoms with E-state index in [-0.39, 0.29) is 5.91 Å². The lowest BCUT2D eigenvalue weighted by Gasteiger charge is -2.14. The maximum Gasteiger partial charge on any atom is 0.338 e. The minimum atomic E-state index is -0.889. The molecule has 132 valence electrons. The molecule has 1 aromatic heterocycles. The summed E-state index contributed by atoms with van der Waals surface area (Å²) in [7, 11) is 1.81.